The molecule has 0 aliphatic carbocycles. The monoisotopic (exact) mass is 383 g/mol. The quantitative estimate of drug-likeness (QED) is 0.804. The van der Waals surface area contributed by atoms with Crippen molar-refractivity contribution in [3.05, 3.63) is 28.2 Å². The van der Waals surface area contributed by atoms with Gasteiger partial charge in [0.1, 0.15) is 5.75 Å². The topological polar surface area (TPSA) is 84.7 Å². The van der Waals surface area contributed by atoms with Crippen molar-refractivity contribution in [2.45, 2.75) is 12.8 Å². The highest BCUT2D eigenvalue weighted by atomic mass is 79.9. The van der Waals surface area contributed by atoms with Gasteiger partial charge in [0.05, 0.1) is 18.6 Å². The van der Waals surface area contributed by atoms with Crippen LogP contribution in [0.15, 0.2) is 22.7 Å². The van der Waals surface area contributed by atoms with Crippen molar-refractivity contribution in [1.29, 1.82) is 0 Å². The molecule has 23 heavy (non-hydrogen) atoms. The largest absolute Gasteiger partial charge is 0.496 e. The molecule has 0 spiro atoms. The van der Waals surface area contributed by atoms with Crippen molar-refractivity contribution in [3.63, 3.8) is 0 Å². The number of likely N-dealkylation sites (tertiary alicyclic amines) is 1. The van der Waals surface area contributed by atoms with Crippen LogP contribution in [0.4, 0.5) is 0 Å². The molecule has 3 N–H and O–H groups in total. The zero-order chi connectivity index (χ0) is 16.8. The van der Waals surface area contributed by atoms with Gasteiger partial charge in [0, 0.05) is 30.7 Å². The van der Waals surface area contributed by atoms with E-state index in [1.54, 1.807) is 17.0 Å². The van der Waals surface area contributed by atoms with Crippen molar-refractivity contribution in [2.24, 2.45) is 11.7 Å². The number of amides is 2. The van der Waals surface area contributed by atoms with Gasteiger partial charge >= 0.3 is 0 Å². The molecule has 7 heteroatoms. The predicted molar refractivity (Wildman–Crippen MR) is 91.4 cm³/mol. The summed E-state index contributed by atoms with van der Waals surface area (Å²) < 4.78 is 6.15. The Balaban J connectivity index is 2.09. The third-order valence-corrected chi connectivity index (χ3v) is 4.41. The van der Waals surface area contributed by atoms with E-state index in [0.29, 0.717) is 37.5 Å². The molecule has 1 fully saturated rings. The van der Waals surface area contributed by atoms with Gasteiger partial charge < -0.3 is 20.7 Å². The molecule has 126 valence electrons. The van der Waals surface area contributed by atoms with Gasteiger partial charge in [-0.2, -0.15) is 0 Å². The van der Waals surface area contributed by atoms with Gasteiger partial charge in [-0.3, -0.25) is 9.59 Å². The molecular formula is C16H22BrN3O3. The minimum atomic E-state index is -0.180. The average Bonchev–Trinajstić information content (AvgIpc) is 2.59. The van der Waals surface area contributed by atoms with E-state index < -0.39 is 0 Å². The number of methoxy groups -OCH3 is 1. The smallest absolute Gasteiger partial charge is 0.257 e. The van der Waals surface area contributed by atoms with Crippen molar-refractivity contribution < 1.29 is 14.3 Å². The van der Waals surface area contributed by atoms with Crippen LogP contribution >= 0.6 is 15.9 Å². The normalized spacial score (nSPS) is 17.7. The predicted octanol–water partition coefficient (Wildman–Crippen LogP) is 1.38. The minimum absolute atomic E-state index is 0.0317. The second-order valence-corrected chi connectivity index (χ2v) is 6.43. The lowest BCUT2D eigenvalue weighted by molar-refractivity contribution is -0.126. The molecule has 2 rings (SSSR count). The molecule has 1 atom stereocenters. The summed E-state index contributed by atoms with van der Waals surface area (Å²) in [7, 11) is 1.54. The number of halogens is 1. The summed E-state index contributed by atoms with van der Waals surface area (Å²) in [6, 6.07) is 5.32. The Hall–Kier alpha value is -1.60. The van der Waals surface area contributed by atoms with Crippen LogP contribution in [0.25, 0.3) is 0 Å². The number of carbonyl (C=O) groups excluding carboxylic acids is 2. The lowest BCUT2D eigenvalue weighted by atomic mass is 9.96. The number of nitrogens with one attached hydrogen (secondary N) is 1. The molecule has 1 aliphatic heterocycles. The number of benzene rings is 1. The van der Waals surface area contributed by atoms with Gasteiger partial charge in [0.25, 0.3) is 5.91 Å². The van der Waals surface area contributed by atoms with Gasteiger partial charge in [-0.25, -0.2) is 0 Å². The van der Waals surface area contributed by atoms with Crippen LogP contribution in [-0.2, 0) is 4.79 Å². The molecule has 1 saturated heterocycles. The number of ether oxygens (including phenoxy) is 1. The standard InChI is InChI=1S/C16H22BrN3O3/c1-23-14-9-12(17)4-5-13(14)16(22)20-8-2-3-11(10-20)15(21)19-7-6-18/h4-5,9,11H,2-3,6-8,10,18H2,1H3,(H,19,21). The van der Waals surface area contributed by atoms with Crippen LogP contribution in [0.3, 0.4) is 0 Å². The number of carbonyl (C=O) groups is 2. The van der Waals surface area contributed by atoms with Crippen LogP contribution in [0.1, 0.15) is 23.2 Å². The van der Waals surface area contributed by atoms with E-state index >= 15 is 0 Å². The highest BCUT2D eigenvalue weighted by molar-refractivity contribution is 9.10. The van der Waals surface area contributed by atoms with Crippen LogP contribution in [0.2, 0.25) is 0 Å². The maximum Gasteiger partial charge on any atom is 0.257 e. The molecule has 1 heterocycles. The second kappa shape index (κ2) is 8.31. The number of nitrogens with two attached hydrogens (primary N) is 1. The van der Waals surface area contributed by atoms with Gasteiger partial charge in [0.2, 0.25) is 5.91 Å². The molecule has 0 bridgehead atoms. The van der Waals surface area contributed by atoms with E-state index in [2.05, 4.69) is 21.2 Å². The van der Waals surface area contributed by atoms with Crippen LogP contribution in [0.5, 0.6) is 5.75 Å². The summed E-state index contributed by atoms with van der Waals surface area (Å²) in [5.74, 6) is 0.209. The first-order valence-corrected chi connectivity index (χ1v) is 8.46. The number of piperidine rings is 1. The summed E-state index contributed by atoms with van der Waals surface area (Å²) in [6.07, 6.45) is 1.60. The van der Waals surface area contributed by atoms with Crippen molar-refractivity contribution >= 4 is 27.7 Å². The number of hydrogen-bond donors (Lipinski definition) is 2. The summed E-state index contributed by atoms with van der Waals surface area (Å²) in [6.45, 7) is 1.95. The van der Waals surface area contributed by atoms with E-state index in [1.165, 1.54) is 7.11 Å². The summed E-state index contributed by atoms with van der Waals surface area (Å²) >= 11 is 3.37. The number of rotatable bonds is 5. The van der Waals surface area contributed by atoms with Crippen LogP contribution in [-0.4, -0.2) is 50.0 Å². The van der Waals surface area contributed by atoms with Crippen molar-refractivity contribution in [2.75, 3.05) is 33.3 Å². The fraction of sp³-hybridized carbons (Fsp3) is 0.500. The Kier molecular flexibility index (Phi) is 6.41. The first kappa shape index (κ1) is 17.7. The van der Waals surface area contributed by atoms with E-state index in [1.807, 2.05) is 6.07 Å². The molecule has 6 nitrogen and oxygen atoms in total. The molecule has 1 unspecified atom stereocenters. The molecule has 2 amide bonds. The number of nitrogens with zero attached hydrogens (tertiary/aromatic N) is 1. The van der Waals surface area contributed by atoms with Gasteiger partial charge in [-0.15, -0.1) is 0 Å². The Morgan fingerprint density at radius 2 is 2.26 bits per heavy atom. The zero-order valence-electron chi connectivity index (χ0n) is 13.2. The highest BCUT2D eigenvalue weighted by Crippen LogP contribution is 2.26. The van der Waals surface area contributed by atoms with Gasteiger partial charge in [0.15, 0.2) is 0 Å². The molecule has 1 aromatic rings. The first-order valence-electron chi connectivity index (χ1n) is 7.67. The molecule has 0 radical (unpaired) electrons. The molecule has 1 aliphatic rings. The third-order valence-electron chi connectivity index (χ3n) is 3.92. The molecular weight excluding hydrogens is 362 g/mol. The Labute approximate surface area is 144 Å². The lowest BCUT2D eigenvalue weighted by Gasteiger charge is -2.32. The Morgan fingerprint density at radius 3 is 2.96 bits per heavy atom. The van der Waals surface area contributed by atoms with Gasteiger partial charge in [-0.05, 0) is 31.0 Å². The maximum atomic E-state index is 12.8. The summed E-state index contributed by atoms with van der Waals surface area (Å²) in [5, 5.41) is 2.80. The van der Waals surface area contributed by atoms with E-state index in [0.717, 1.165) is 17.3 Å². The van der Waals surface area contributed by atoms with E-state index in [-0.39, 0.29) is 17.7 Å². The van der Waals surface area contributed by atoms with Gasteiger partial charge in [-0.1, -0.05) is 15.9 Å². The fourth-order valence-corrected chi connectivity index (χ4v) is 3.07. The van der Waals surface area contributed by atoms with Crippen molar-refractivity contribution in [3.8, 4) is 5.75 Å². The van der Waals surface area contributed by atoms with E-state index in [9.17, 15) is 9.59 Å². The Morgan fingerprint density at radius 1 is 1.48 bits per heavy atom. The summed E-state index contributed by atoms with van der Waals surface area (Å²) in [4.78, 5) is 26.6. The molecule has 0 saturated carbocycles. The maximum absolute atomic E-state index is 12.8. The number of hydrogen-bond acceptors (Lipinski definition) is 4. The Bertz CT molecular complexity index is 580. The summed E-state index contributed by atoms with van der Waals surface area (Å²) in [5.41, 5.74) is 5.92. The second-order valence-electron chi connectivity index (χ2n) is 5.51. The van der Waals surface area contributed by atoms with Crippen LogP contribution in [0, 0.1) is 5.92 Å². The van der Waals surface area contributed by atoms with Crippen LogP contribution < -0.4 is 15.8 Å². The fourth-order valence-electron chi connectivity index (χ4n) is 2.73. The average molecular weight is 384 g/mol. The highest BCUT2D eigenvalue weighted by Gasteiger charge is 2.29. The molecule has 1 aromatic carbocycles. The SMILES string of the molecule is COc1cc(Br)ccc1C(=O)N1CCCC(C(=O)NCCN)C1. The first-order chi connectivity index (χ1) is 11.1. The third kappa shape index (κ3) is 4.45. The van der Waals surface area contributed by atoms with Crippen molar-refractivity contribution in [1.82, 2.24) is 10.2 Å². The zero-order valence-corrected chi connectivity index (χ0v) is 14.8. The van der Waals surface area contributed by atoms with E-state index in [4.69, 9.17) is 10.5 Å². The minimum Gasteiger partial charge on any atom is -0.496 e. The molecule has 0 aromatic heterocycles. The lowest BCUT2D eigenvalue weighted by Crippen LogP contribution is -2.46.